The Kier molecular flexibility index (Phi) is 4.14. The number of aromatic nitrogens is 2. The first-order valence-electron chi connectivity index (χ1n) is 6.37. The molecule has 94 valence electrons. The van der Waals surface area contributed by atoms with Crippen LogP contribution in [0.2, 0.25) is 0 Å². The van der Waals surface area contributed by atoms with Gasteiger partial charge < -0.3 is 15.1 Å². The van der Waals surface area contributed by atoms with Gasteiger partial charge in [-0.3, -0.25) is 0 Å². The maximum absolute atomic E-state index is 4.37. The first-order valence-corrected chi connectivity index (χ1v) is 6.37. The summed E-state index contributed by atoms with van der Waals surface area (Å²) >= 11 is 0. The third-order valence-electron chi connectivity index (χ3n) is 3.17. The summed E-state index contributed by atoms with van der Waals surface area (Å²) in [4.78, 5) is 13.3. The number of piperazine rings is 1. The van der Waals surface area contributed by atoms with E-state index in [9.17, 15) is 0 Å². The van der Waals surface area contributed by atoms with Crippen molar-refractivity contribution in [2.75, 3.05) is 49.1 Å². The van der Waals surface area contributed by atoms with Gasteiger partial charge in [-0.25, -0.2) is 9.97 Å². The molecular weight excluding hydrogens is 214 g/mol. The standard InChI is InChI=1S/C12H21N5/c1-3-16(4-2)11-9-12(15-10-14-11)17-7-5-13-6-8-17/h9-10,13H,3-8H2,1-2H3. The van der Waals surface area contributed by atoms with Gasteiger partial charge in [0.15, 0.2) is 0 Å². The maximum atomic E-state index is 4.37. The summed E-state index contributed by atoms with van der Waals surface area (Å²) in [6.07, 6.45) is 1.67. The molecule has 0 radical (unpaired) electrons. The predicted molar refractivity (Wildman–Crippen MR) is 70.7 cm³/mol. The van der Waals surface area contributed by atoms with Crippen LogP contribution in [-0.4, -0.2) is 49.2 Å². The molecule has 0 amide bonds. The highest BCUT2D eigenvalue weighted by molar-refractivity contribution is 5.50. The summed E-state index contributed by atoms with van der Waals surface area (Å²) in [7, 11) is 0. The van der Waals surface area contributed by atoms with Gasteiger partial charge in [0.1, 0.15) is 18.0 Å². The third-order valence-corrected chi connectivity index (χ3v) is 3.17. The van der Waals surface area contributed by atoms with Crippen LogP contribution in [0.25, 0.3) is 0 Å². The molecule has 0 aliphatic carbocycles. The Labute approximate surface area is 103 Å². The summed E-state index contributed by atoms with van der Waals surface area (Å²) in [5, 5.41) is 3.35. The Hall–Kier alpha value is -1.36. The number of nitrogens with one attached hydrogen (secondary N) is 1. The molecule has 1 aliphatic heterocycles. The van der Waals surface area contributed by atoms with E-state index in [1.54, 1.807) is 6.33 Å². The Balaban J connectivity index is 2.15. The maximum Gasteiger partial charge on any atom is 0.134 e. The van der Waals surface area contributed by atoms with Crippen LogP contribution >= 0.6 is 0 Å². The summed E-state index contributed by atoms with van der Waals surface area (Å²) in [6.45, 7) is 10.4. The zero-order valence-corrected chi connectivity index (χ0v) is 10.7. The van der Waals surface area contributed by atoms with E-state index in [2.05, 4.69) is 45.0 Å². The average molecular weight is 235 g/mol. The molecule has 1 saturated heterocycles. The summed E-state index contributed by atoms with van der Waals surface area (Å²) in [5.74, 6) is 2.07. The lowest BCUT2D eigenvalue weighted by Crippen LogP contribution is -2.44. The highest BCUT2D eigenvalue weighted by Crippen LogP contribution is 2.17. The van der Waals surface area contributed by atoms with E-state index in [0.717, 1.165) is 50.9 Å². The van der Waals surface area contributed by atoms with Crippen LogP contribution in [0.4, 0.5) is 11.6 Å². The Morgan fingerprint density at radius 2 is 1.94 bits per heavy atom. The fraction of sp³-hybridized carbons (Fsp3) is 0.667. The van der Waals surface area contributed by atoms with E-state index in [1.165, 1.54) is 0 Å². The van der Waals surface area contributed by atoms with Crippen molar-refractivity contribution in [2.45, 2.75) is 13.8 Å². The minimum Gasteiger partial charge on any atom is -0.357 e. The lowest BCUT2D eigenvalue weighted by molar-refractivity contribution is 0.584. The van der Waals surface area contributed by atoms with Gasteiger partial charge in [0.25, 0.3) is 0 Å². The minimum absolute atomic E-state index is 0.981. The van der Waals surface area contributed by atoms with Crippen molar-refractivity contribution in [2.24, 2.45) is 0 Å². The second-order valence-electron chi connectivity index (χ2n) is 4.14. The molecule has 0 unspecified atom stereocenters. The van der Waals surface area contributed by atoms with Gasteiger partial charge in [-0.05, 0) is 13.8 Å². The molecule has 0 aromatic carbocycles. The van der Waals surface area contributed by atoms with Crippen molar-refractivity contribution in [3.8, 4) is 0 Å². The number of hydrogen-bond donors (Lipinski definition) is 1. The molecule has 1 N–H and O–H groups in total. The molecule has 0 spiro atoms. The van der Waals surface area contributed by atoms with Crippen LogP contribution in [0, 0.1) is 0 Å². The lowest BCUT2D eigenvalue weighted by Gasteiger charge is -2.29. The Morgan fingerprint density at radius 1 is 1.24 bits per heavy atom. The summed E-state index contributed by atoms with van der Waals surface area (Å²) < 4.78 is 0. The fourth-order valence-electron chi connectivity index (χ4n) is 2.12. The van der Waals surface area contributed by atoms with Crippen LogP contribution in [0.3, 0.4) is 0 Å². The van der Waals surface area contributed by atoms with Crippen molar-refractivity contribution in [1.82, 2.24) is 15.3 Å². The first kappa shape index (κ1) is 12.1. The number of nitrogens with zero attached hydrogens (tertiary/aromatic N) is 4. The molecule has 5 heteroatoms. The van der Waals surface area contributed by atoms with Crippen molar-refractivity contribution in [3.63, 3.8) is 0 Å². The molecule has 2 heterocycles. The summed E-state index contributed by atoms with van der Waals surface area (Å²) in [6, 6.07) is 2.10. The molecule has 5 nitrogen and oxygen atoms in total. The van der Waals surface area contributed by atoms with Gasteiger partial charge in [0.2, 0.25) is 0 Å². The largest absolute Gasteiger partial charge is 0.357 e. The van der Waals surface area contributed by atoms with Crippen LogP contribution in [0.5, 0.6) is 0 Å². The van der Waals surface area contributed by atoms with Gasteiger partial charge >= 0.3 is 0 Å². The summed E-state index contributed by atoms with van der Waals surface area (Å²) in [5.41, 5.74) is 0. The van der Waals surface area contributed by atoms with E-state index in [1.807, 2.05) is 0 Å². The van der Waals surface area contributed by atoms with E-state index in [0.29, 0.717) is 0 Å². The normalized spacial score (nSPS) is 16.0. The molecule has 1 aliphatic rings. The first-order chi connectivity index (χ1) is 8.35. The Bertz CT molecular complexity index is 345. The van der Waals surface area contributed by atoms with Crippen LogP contribution < -0.4 is 15.1 Å². The highest BCUT2D eigenvalue weighted by Gasteiger charge is 2.13. The third kappa shape index (κ3) is 2.85. The second kappa shape index (κ2) is 5.82. The van der Waals surface area contributed by atoms with Crippen LogP contribution in [0.1, 0.15) is 13.8 Å². The SMILES string of the molecule is CCN(CC)c1cc(N2CCNCC2)ncn1. The average Bonchev–Trinajstić information content (AvgIpc) is 2.42. The smallest absolute Gasteiger partial charge is 0.134 e. The molecule has 1 fully saturated rings. The number of rotatable bonds is 4. The zero-order valence-electron chi connectivity index (χ0n) is 10.7. The van der Waals surface area contributed by atoms with Crippen molar-refractivity contribution in [1.29, 1.82) is 0 Å². The van der Waals surface area contributed by atoms with E-state index >= 15 is 0 Å². The minimum atomic E-state index is 0.981. The molecule has 1 aromatic heterocycles. The van der Waals surface area contributed by atoms with Gasteiger partial charge in [-0.2, -0.15) is 0 Å². The zero-order chi connectivity index (χ0) is 12.1. The fourth-order valence-corrected chi connectivity index (χ4v) is 2.12. The monoisotopic (exact) mass is 235 g/mol. The second-order valence-corrected chi connectivity index (χ2v) is 4.14. The van der Waals surface area contributed by atoms with Gasteiger partial charge in [-0.1, -0.05) is 0 Å². The van der Waals surface area contributed by atoms with E-state index in [4.69, 9.17) is 0 Å². The van der Waals surface area contributed by atoms with Crippen LogP contribution in [0.15, 0.2) is 12.4 Å². The molecule has 0 bridgehead atoms. The topological polar surface area (TPSA) is 44.3 Å². The van der Waals surface area contributed by atoms with Crippen molar-refractivity contribution in [3.05, 3.63) is 12.4 Å². The van der Waals surface area contributed by atoms with E-state index < -0.39 is 0 Å². The predicted octanol–water partition coefficient (Wildman–Crippen LogP) is 0.732. The Morgan fingerprint density at radius 3 is 2.59 bits per heavy atom. The number of hydrogen-bond acceptors (Lipinski definition) is 5. The molecule has 0 saturated carbocycles. The molecule has 0 atom stereocenters. The molecule has 1 aromatic rings. The molecule has 17 heavy (non-hydrogen) atoms. The van der Waals surface area contributed by atoms with Crippen molar-refractivity contribution >= 4 is 11.6 Å². The van der Waals surface area contributed by atoms with Gasteiger partial charge in [0.05, 0.1) is 0 Å². The van der Waals surface area contributed by atoms with E-state index in [-0.39, 0.29) is 0 Å². The van der Waals surface area contributed by atoms with Crippen molar-refractivity contribution < 1.29 is 0 Å². The van der Waals surface area contributed by atoms with Gasteiger partial charge in [-0.15, -0.1) is 0 Å². The molecular formula is C12H21N5. The van der Waals surface area contributed by atoms with Crippen LogP contribution in [-0.2, 0) is 0 Å². The molecule has 2 rings (SSSR count). The quantitative estimate of drug-likeness (QED) is 0.833. The van der Waals surface area contributed by atoms with Gasteiger partial charge in [0, 0.05) is 45.3 Å². The number of anilines is 2. The lowest BCUT2D eigenvalue weighted by atomic mass is 10.3. The highest BCUT2D eigenvalue weighted by atomic mass is 15.3.